The van der Waals surface area contributed by atoms with Crippen LogP contribution in [0.5, 0.6) is 0 Å². The first-order valence-corrected chi connectivity index (χ1v) is 9.36. The molecule has 0 amide bonds. The minimum atomic E-state index is -1.65. The highest BCUT2D eigenvalue weighted by molar-refractivity contribution is 6.96. The number of aliphatic hydroxyl groups is 1. The van der Waals surface area contributed by atoms with Gasteiger partial charge in [-0.2, -0.15) is 0 Å². The van der Waals surface area contributed by atoms with Crippen molar-refractivity contribution >= 4 is 13.3 Å². The molecule has 1 aliphatic carbocycles. The maximum Gasteiger partial charge on any atom is 0.162 e. The van der Waals surface area contributed by atoms with Crippen molar-refractivity contribution in [1.29, 1.82) is 0 Å². The van der Waals surface area contributed by atoms with Crippen LogP contribution in [0.15, 0.2) is 30.3 Å². The summed E-state index contributed by atoms with van der Waals surface area (Å²) in [4.78, 5) is 0. The first-order chi connectivity index (χ1) is 8.09. The molecule has 0 bridgehead atoms. The molecule has 1 saturated carbocycles. The second-order valence-electron chi connectivity index (χ2n) is 5.37. The van der Waals surface area contributed by atoms with Crippen molar-refractivity contribution in [2.24, 2.45) is 5.92 Å². The highest BCUT2D eigenvalue weighted by Gasteiger charge is 2.25. The zero-order valence-electron chi connectivity index (χ0n) is 10.6. The Bertz CT molecular complexity index is 427. The molecule has 1 aliphatic rings. The lowest BCUT2D eigenvalue weighted by Gasteiger charge is -2.16. The smallest absolute Gasteiger partial charge is 0.162 e. The van der Waals surface area contributed by atoms with E-state index in [1.54, 1.807) is 0 Å². The molecule has 2 heteroatoms. The van der Waals surface area contributed by atoms with Crippen molar-refractivity contribution in [2.75, 3.05) is 0 Å². The lowest BCUT2D eigenvalue weighted by Crippen LogP contribution is -2.40. The Hall–Kier alpha value is -1.04. The lowest BCUT2D eigenvalue weighted by molar-refractivity contribution is 0.157. The van der Waals surface area contributed by atoms with E-state index in [0.717, 1.165) is 19.3 Å². The lowest BCUT2D eigenvalue weighted by atomic mass is 10.1. The Labute approximate surface area is 105 Å². The zero-order valence-corrected chi connectivity index (χ0v) is 11.6. The monoisotopic (exact) mass is 244 g/mol. The molecule has 2 atom stereocenters. The normalized spacial score (nSPS) is 24.2. The summed E-state index contributed by atoms with van der Waals surface area (Å²) in [6, 6.07) is 10.5. The maximum atomic E-state index is 9.77. The molecule has 0 unspecified atom stereocenters. The van der Waals surface area contributed by atoms with Crippen molar-refractivity contribution in [1.82, 2.24) is 0 Å². The quantitative estimate of drug-likeness (QED) is 0.594. The molecule has 1 fully saturated rings. The van der Waals surface area contributed by atoms with Crippen LogP contribution in [0, 0.1) is 17.4 Å². The van der Waals surface area contributed by atoms with Crippen molar-refractivity contribution < 1.29 is 5.11 Å². The van der Waals surface area contributed by atoms with E-state index in [2.05, 4.69) is 48.8 Å². The van der Waals surface area contributed by atoms with E-state index in [1.165, 1.54) is 5.19 Å². The zero-order chi connectivity index (χ0) is 12.3. The molecular weight excluding hydrogens is 224 g/mol. The van der Waals surface area contributed by atoms with Crippen molar-refractivity contribution in [2.45, 2.75) is 38.5 Å². The third-order valence-electron chi connectivity index (χ3n) is 3.55. The van der Waals surface area contributed by atoms with Gasteiger partial charge in [0.05, 0.1) is 6.10 Å². The summed E-state index contributed by atoms with van der Waals surface area (Å²) < 4.78 is 0. The van der Waals surface area contributed by atoms with Crippen molar-refractivity contribution in [3.63, 3.8) is 0 Å². The molecule has 2 rings (SSSR count). The molecule has 0 saturated heterocycles. The van der Waals surface area contributed by atoms with E-state index in [1.807, 2.05) is 6.07 Å². The Morgan fingerprint density at radius 2 is 1.88 bits per heavy atom. The van der Waals surface area contributed by atoms with E-state index in [9.17, 15) is 5.11 Å². The van der Waals surface area contributed by atoms with E-state index in [4.69, 9.17) is 0 Å². The van der Waals surface area contributed by atoms with Gasteiger partial charge in [-0.1, -0.05) is 43.4 Å². The molecule has 17 heavy (non-hydrogen) atoms. The number of benzene rings is 1. The topological polar surface area (TPSA) is 20.2 Å². The summed E-state index contributed by atoms with van der Waals surface area (Å²) in [6.45, 7) is 4.55. The van der Waals surface area contributed by atoms with E-state index < -0.39 is 8.07 Å². The number of rotatable bonds is 1. The highest BCUT2D eigenvalue weighted by atomic mass is 28.3. The fourth-order valence-corrected chi connectivity index (χ4v) is 4.03. The fourth-order valence-electron chi connectivity index (χ4n) is 2.31. The molecule has 0 radical (unpaired) electrons. The van der Waals surface area contributed by atoms with Gasteiger partial charge in [0.25, 0.3) is 0 Å². The second kappa shape index (κ2) is 5.08. The van der Waals surface area contributed by atoms with Gasteiger partial charge in [-0.15, -0.1) is 11.5 Å². The van der Waals surface area contributed by atoms with Gasteiger partial charge in [0.2, 0.25) is 0 Å². The van der Waals surface area contributed by atoms with Gasteiger partial charge < -0.3 is 5.11 Å². The average molecular weight is 244 g/mol. The standard InChI is InChI=1S/C15H20OSi/c1-17(2,14-8-4-3-5-9-14)12-11-13-7-6-10-15(13)16/h3-5,8-9,13,15-16H,6-7,10H2,1-2H3/t13-,15-/m0/s1. The van der Waals surface area contributed by atoms with Crippen LogP contribution in [0.25, 0.3) is 0 Å². The average Bonchev–Trinajstić information content (AvgIpc) is 2.74. The van der Waals surface area contributed by atoms with Crippen molar-refractivity contribution in [3.05, 3.63) is 30.3 Å². The van der Waals surface area contributed by atoms with E-state index in [0.29, 0.717) is 0 Å². The van der Waals surface area contributed by atoms with Gasteiger partial charge in [-0.3, -0.25) is 0 Å². The van der Waals surface area contributed by atoms with E-state index >= 15 is 0 Å². The molecule has 0 aliphatic heterocycles. The van der Waals surface area contributed by atoms with Gasteiger partial charge >= 0.3 is 0 Å². The summed E-state index contributed by atoms with van der Waals surface area (Å²) >= 11 is 0. The summed E-state index contributed by atoms with van der Waals surface area (Å²) in [7, 11) is -1.65. The maximum absolute atomic E-state index is 9.77. The minimum absolute atomic E-state index is 0.192. The van der Waals surface area contributed by atoms with Crippen LogP contribution in [0.3, 0.4) is 0 Å². The minimum Gasteiger partial charge on any atom is -0.392 e. The molecule has 0 aromatic heterocycles. The molecule has 1 aromatic rings. The van der Waals surface area contributed by atoms with Gasteiger partial charge in [-0.05, 0) is 24.4 Å². The predicted molar refractivity (Wildman–Crippen MR) is 74.7 cm³/mol. The van der Waals surface area contributed by atoms with Crippen LogP contribution >= 0.6 is 0 Å². The number of hydrogen-bond acceptors (Lipinski definition) is 1. The summed E-state index contributed by atoms with van der Waals surface area (Å²) in [5.74, 6) is 3.55. The molecule has 1 N–H and O–H groups in total. The molecule has 0 heterocycles. The number of aliphatic hydroxyl groups excluding tert-OH is 1. The van der Waals surface area contributed by atoms with Crippen molar-refractivity contribution in [3.8, 4) is 11.5 Å². The largest absolute Gasteiger partial charge is 0.392 e. The van der Waals surface area contributed by atoms with Gasteiger partial charge in [0, 0.05) is 5.92 Å². The predicted octanol–water partition coefficient (Wildman–Crippen LogP) is 2.31. The van der Waals surface area contributed by atoms with Crippen LogP contribution in [0.1, 0.15) is 19.3 Å². The Kier molecular flexibility index (Phi) is 3.71. The third-order valence-corrected chi connectivity index (χ3v) is 6.09. The molecule has 1 aromatic carbocycles. The van der Waals surface area contributed by atoms with Crippen LogP contribution in [-0.4, -0.2) is 19.3 Å². The van der Waals surface area contributed by atoms with E-state index in [-0.39, 0.29) is 12.0 Å². The molecule has 90 valence electrons. The SMILES string of the molecule is C[Si](C)(C#C[C@@H]1CCC[C@@H]1O)c1ccccc1. The summed E-state index contributed by atoms with van der Waals surface area (Å²) in [6.07, 6.45) is 2.91. The Balaban J connectivity index is 2.15. The highest BCUT2D eigenvalue weighted by Crippen LogP contribution is 2.24. The first-order valence-electron chi connectivity index (χ1n) is 6.36. The van der Waals surface area contributed by atoms with Crippen LogP contribution in [0.2, 0.25) is 13.1 Å². The number of hydrogen-bond donors (Lipinski definition) is 1. The summed E-state index contributed by atoms with van der Waals surface area (Å²) in [5.41, 5.74) is 3.48. The van der Waals surface area contributed by atoms with Crippen LogP contribution in [0.4, 0.5) is 0 Å². The molecule has 0 spiro atoms. The van der Waals surface area contributed by atoms with Crippen LogP contribution < -0.4 is 5.19 Å². The Morgan fingerprint density at radius 1 is 1.18 bits per heavy atom. The van der Waals surface area contributed by atoms with Gasteiger partial charge in [0.15, 0.2) is 8.07 Å². The Morgan fingerprint density at radius 3 is 2.47 bits per heavy atom. The van der Waals surface area contributed by atoms with Gasteiger partial charge in [0.1, 0.15) is 0 Å². The second-order valence-corrected chi connectivity index (χ2v) is 9.44. The van der Waals surface area contributed by atoms with Crippen LogP contribution in [-0.2, 0) is 0 Å². The summed E-state index contributed by atoms with van der Waals surface area (Å²) in [5, 5.41) is 11.1. The molecular formula is C15H20OSi. The van der Waals surface area contributed by atoms with Gasteiger partial charge in [-0.25, -0.2) is 0 Å². The third kappa shape index (κ3) is 2.99. The molecule has 1 nitrogen and oxygen atoms in total. The first kappa shape index (κ1) is 12.4. The fraction of sp³-hybridized carbons (Fsp3) is 0.467.